The summed E-state index contributed by atoms with van der Waals surface area (Å²) in [6.45, 7) is 8.13. The minimum absolute atomic E-state index is 0.394. The molecule has 1 amide bonds. The molecule has 1 rings (SSSR count). The van der Waals surface area contributed by atoms with Gasteiger partial charge in [-0.2, -0.15) is 0 Å². The van der Waals surface area contributed by atoms with E-state index in [0.717, 1.165) is 25.1 Å². The van der Waals surface area contributed by atoms with Gasteiger partial charge >= 0.3 is 6.09 Å². The Morgan fingerprint density at radius 3 is 2.83 bits per heavy atom. The van der Waals surface area contributed by atoms with Crippen molar-refractivity contribution in [3.8, 4) is 0 Å². The molecule has 0 atom stereocenters. The van der Waals surface area contributed by atoms with Gasteiger partial charge in [-0.1, -0.05) is 12.2 Å². The van der Waals surface area contributed by atoms with Crippen LogP contribution in [0.25, 0.3) is 0 Å². The number of ether oxygens (including phenoxy) is 1. The molecule has 0 aromatic heterocycles. The first-order valence-corrected chi connectivity index (χ1v) is 6.26. The molecule has 0 spiro atoms. The third-order valence-electron chi connectivity index (χ3n) is 2.30. The van der Waals surface area contributed by atoms with E-state index in [2.05, 4.69) is 11.1 Å². The molecule has 1 heterocycles. The lowest BCUT2D eigenvalue weighted by Gasteiger charge is -2.25. The van der Waals surface area contributed by atoms with Gasteiger partial charge < -0.3 is 4.74 Å². The van der Waals surface area contributed by atoms with Crippen LogP contribution in [0.2, 0.25) is 0 Å². The highest BCUT2D eigenvalue weighted by Gasteiger charge is 2.22. The Kier molecular flexibility index (Phi) is 5.13. The number of carbonyl (C=O) groups is 1. The van der Waals surface area contributed by atoms with Crippen molar-refractivity contribution in [3.63, 3.8) is 0 Å². The van der Waals surface area contributed by atoms with Crippen molar-refractivity contribution in [1.29, 1.82) is 0 Å². The van der Waals surface area contributed by atoms with Crippen LogP contribution in [0.4, 0.5) is 4.79 Å². The molecule has 0 bridgehead atoms. The van der Waals surface area contributed by atoms with Crippen molar-refractivity contribution in [1.82, 2.24) is 4.90 Å². The summed E-state index contributed by atoms with van der Waals surface area (Å²) in [6.07, 6.45) is 9.09. The molecule has 0 aromatic carbocycles. The second kappa shape index (κ2) is 6.38. The van der Waals surface area contributed by atoms with Gasteiger partial charge in [0.15, 0.2) is 0 Å². The van der Waals surface area contributed by atoms with Crippen molar-refractivity contribution in [2.24, 2.45) is 4.99 Å². The number of rotatable bonds is 0. The first-order chi connectivity index (χ1) is 8.40. The monoisotopic (exact) mass is 250 g/mol. The van der Waals surface area contributed by atoms with Gasteiger partial charge in [0.05, 0.1) is 6.34 Å². The molecule has 0 fully saturated rings. The van der Waals surface area contributed by atoms with Crippen molar-refractivity contribution >= 4 is 12.4 Å². The number of hydrogen-bond acceptors (Lipinski definition) is 3. The van der Waals surface area contributed by atoms with E-state index in [1.807, 2.05) is 39.8 Å². The molecule has 0 aliphatic carbocycles. The third kappa shape index (κ3) is 5.17. The highest BCUT2D eigenvalue weighted by atomic mass is 16.6. The largest absolute Gasteiger partial charge is 0.443 e. The molecule has 0 aromatic rings. The molecule has 4 heteroatoms. The molecule has 0 saturated carbocycles. The van der Waals surface area contributed by atoms with Gasteiger partial charge in [-0.25, -0.2) is 9.69 Å². The number of nitrogens with zero attached hydrogens (tertiary/aromatic N) is 2. The zero-order valence-electron chi connectivity index (χ0n) is 11.6. The summed E-state index contributed by atoms with van der Waals surface area (Å²) < 4.78 is 5.35. The van der Waals surface area contributed by atoms with Crippen LogP contribution < -0.4 is 0 Å². The number of hydrogen-bond donors (Lipinski definition) is 0. The molecule has 0 unspecified atom stereocenters. The number of allylic oxidation sites excluding steroid dienone is 4. The van der Waals surface area contributed by atoms with Crippen LogP contribution in [0.5, 0.6) is 0 Å². The minimum Gasteiger partial charge on any atom is -0.443 e. The standard InChI is InChI=1S/C14H22N2O2/c1-12-9-7-5-6-8-10-15-11-16(12)13(17)18-14(2,3)4/h5,7,9,11H,6,8,10H2,1-4H3/b7-5+,12-9-,15-11?. The van der Waals surface area contributed by atoms with E-state index >= 15 is 0 Å². The van der Waals surface area contributed by atoms with Gasteiger partial charge in [0, 0.05) is 12.2 Å². The minimum atomic E-state index is -0.504. The lowest BCUT2D eigenvalue weighted by molar-refractivity contribution is 0.0418. The highest BCUT2D eigenvalue weighted by Crippen LogP contribution is 2.13. The summed E-state index contributed by atoms with van der Waals surface area (Å²) >= 11 is 0. The molecule has 100 valence electrons. The van der Waals surface area contributed by atoms with Crippen LogP contribution in [-0.2, 0) is 4.74 Å². The van der Waals surface area contributed by atoms with Crippen LogP contribution in [-0.4, -0.2) is 29.5 Å². The maximum Gasteiger partial charge on any atom is 0.419 e. The highest BCUT2D eigenvalue weighted by molar-refractivity contribution is 5.85. The SMILES string of the molecule is C/C1=C/C=C/CCCN=CN1C(=O)OC(C)(C)C. The van der Waals surface area contributed by atoms with Gasteiger partial charge in [0.1, 0.15) is 5.60 Å². The zero-order chi connectivity index (χ0) is 13.6. The summed E-state index contributed by atoms with van der Waals surface area (Å²) in [7, 11) is 0. The average Bonchev–Trinajstić information content (AvgIpc) is 2.24. The number of aliphatic imine (C=N–C) groups is 1. The maximum absolute atomic E-state index is 12.0. The first kappa shape index (κ1) is 14.5. The van der Waals surface area contributed by atoms with Gasteiger partial charge in [-0.15, -0.1) is 0 Å². The average molecular weight is 250 g/mol. The van der Waals surface area contributed by atoms with E-state index < -0.39 is 11.7 Å². The Hall–Kier alpha value is -1.58. The van der Waals surface area contributed by atoms with E-state index in [0.29, 0.717) is 0 Å². The van der Waals surface area contributed by atoms with Gasteiger partial charge in [0.25, 0.3) is 0 Å². The second-order valence-electron chi connectivity index (χ2n) is 5.25. The Bertz CT molecular complexity index is 376. The zero-order valence-corrected chi connectivity index (χ0v) is 11.6. The van der Waals surface area contributed by atoms with E-state index in [9.17, 15) is 4.79 Å². The Balaban J connectivity index is 2.86. The summed E-state index contributed by atoms with van der Waals surface area (Å²) in [5, 5.41) is 0. The summed E-state index contributed by atoms with van der Waals surface area (Å²) in [5.74, 6) is 0. The predicted octanol–water partition coefficient (Wildman–Crippen LogP) is 3.51. The molecular formula is C14H22N2O2. The Morgan fingerprint density at radius 2 is 2.17 bits per heavy atom. The maximum atomic E-state index is 12.0. The molecule has 0 N–H and O–H groups in total. The smallest absolute Gasteiger partial charge is 0.419 e. The summed E-state index contributed by atoms with van der Waals surface area (Å²) in [4.78, 5) is 17.7. The normalized spacial score (nSPS) is 22.0. The van der Waals surface area contributed by atoms with E-state index in [-0.39, 0.29) is 0 Å². The van der Waals surface area contributed by atoms with Gasteiger partial charge in [-0.05, 0) is 46.6 Å². The van der Waals surface area contributed by atoms with Crippen molar-refractivity contribution in [3.05, 3.63) is 23.9 Å². The fourth-order valence-electron chi connectivity index (χ4n) is 1.42. The summed E-state index contributed by atoms with van der Waals surface area (Å²) in [6, 6.07) is 0. The van der Waals surface area contributed by atoms with Gasteiger partial charge in [0.2, 0.25) is 0 Å². The van der Waals surface area contributed by atoms with E-state index in [4.69, 9.17) is 4.74 Å². The fraction of sp³-hybridized carbons (Fsp3) is 0.571. The molecule has 18 heavy (non-hydrogen) atoms. The van der Waals surface area contributed by atoms with E-state index in [1.54, 1.807) is 6.34 Å². The van der Waals surface area contributed by atoms with Crippen LogP contribution in [0.15, 0.2) is 28.9 Å². The first-order valence-electron chi connectivity index (χ1n) is 6.26. The Labute approximate surface area is 109 Å². The molecule has 1 aliphatic rings. The third-order valence-corrected chi connectivity index (χ3v) is 2.30. The van der Waals surface area contributed by atoms with Crippen molar-refractivity contribution < 1.29 is 9.53 Å². The fourth-order valence-corrected chi connectivity index (χ4v) is 1.42. The number of carbonyl (C=O) groups excluding carboxylic acids is 1. The lowest BCUT2D eigenvalue weighted by atomic mass is 10.2. The second-order valence-corrected chi connectivity index (χ2v) is 5.25. The van der Waals surface area contributed by atoms with Gasteiger partial charge in [-0.3, -0.25) is 4.99 Å². The van der Waals surface area contributed by atoms with Crippen molar-refractivity contribution in [2.45, 2.75) is 46.1 Å². The molecule has 1 aliphatic heterocycles. The molecular weight excluding hydrogens is 228 g/mol. The topological polar surface area (TPSA) is 41.9 Å². The van der Waals surface area contributed by atoms with E-state index in [1.165, 1.54) is 4.90 Å². The predicted molar refractivity (Wildman–Crippen MR) is 73.6 cm³/mol. The quantitative estimate of drug-likeness (QED) is 0.660. The molecule has 0 radical (unpaired) electrons. The molecule has 4 nitrogen and oxygen atoms in total. The lowest BCUT2D eigenvalue weighted by Crippen LogP contribution is -2.35. The molecule has 0 saturated heterocycles. The van der Waals surface area contributed by atoms with Crippen LogP contribution in [0.1, 0.15) is 40.5 Å². The van der Waals surface area contributed by atoms with Crippen molar-refractivity contribution in [2.75, 3.05) is 6.54 Å². The van der Waals surface area contributed by atoms with Crippen LogP contribution >= 0.6 is 0 Å². The number of amides is 1. The Morgan fingerprint density at radius 1 is 1.44 bits per heavy atom. The van der Waals surface area contributed by atoms with Crippen LogP contribution in [0, 0.1) is 0 Å². The van der Waals surface area contributed by atoms with Crippen LogP contribution in [0.3, 0.4) is 0 Å². The summed E-state index contributed by atoms with van der Waals surface area (Å²) in [5.41, 5.74) is 0.294.